The van der Waals surface area contributed by atoms with Crippen LogP contribution in [0.2, 0.25) is 0 Å². The number of nitrogens with zero attached hydrogens (tertiary/aromatic N) is 3. The highest BCUT2D eigenvalue weighted by Crippen LogP contribution is 2.42. The molecule has 2 heterocycles. The summed E-state index contributed by atoms with van der Waals surface area (Å²) in [7, 11) is 0. The van der Waals surface area contributed by atoms with E-state index in [4.69, 9.17) is 0 Å². The molecular formula is C32H45N7O6. The van der Waals surface area contributed by atoms with Gasteiger partial charge in [0.2, 0.25) is 23.5 Å². The number of nitrogens with one attached hydrogen (secondary N) is 4. The number of fused-ring (bicyclic) bond motifs is 1. The quantitative estimate of drug-likeness (QED) is 0.235. The number of hydrogen-bond donors (Lipinski definition) is 4. The Kier molecular flexibility index (Phi) is 10.8. The number of likely N-dealkylation sites (tertiary alicyclic amines) is 1. The fraction of sp³-hybridized carbons (Fsp3) is 0.688. The molecule has 1 aromatic heterocycles. The summed E-state index contributed by atoms with van der Waals surface area (Å²) < 4.78 is 0. The first-order valence-corrected chi connectivity index (χ1v) is 16.6. The van der Waals surface area contributed by atoms with Crippen LogP contribution in [0.3, 0.4) is 0 Å². The first kappa shape index (κ1) is 32.5. The molecule has 1 saturated heterocycles. The lowest BCUT2D eigenvalue weighted by Gasteiger charge is -2.31. The number of hydrogen-bond acceptors (Lipinski definition) is 8. The van der Waals surface area contributed by atoms with Crippen molar-refractivity contribution in [3.63, 3.8) is 0 Å². The molecule has 13 nitrogen and oxygen atoms in total. The summed E-state index contributed by atoms with van der Waals surface area (Å²) in [5.41, 5.74) is 0.101. The molecule has 4 fully saturated rings. The molecule has 3 saturated carbocycles. The molecule has 1 aromatic rings. The van der Waals surface area contributed by atoms with Crippen LogP contribution < -0.4 is 21.3 Å². The molecule has 4 aliphatic rings. The van der Waals surface area contributed by atoms with Crippen LogP contribution in [0.1, 0.15) is 94.5 Å². The predicted octanol–water partition coefficient (Wildman–Crippen LogP) is 1.03. The standard InChI is InChI=1S/C32H45N7O6/c1-2-7-23(28(41)32(45)36-21-12-13-21)37-31(44)27-22-11-6-10-20(22)18-39(27)25(40)17-35-30(43)26(19-8-4-3-5-9-19)38-29(42)24-16-33-14-15-34-24/h14-16,19-23,26-27H,2-13,17-18H2,1H3,(H,35,43)(H,36,45)(H,37,44)(H,38,42)/t20-,22-,23-,26-,27-/m1/s1. The summed E-state index contributed by atoms with van der Waals surface area (Å²) in [4.78, 5) is 88.6. The zero-order valence-corrected chi connectivity index (χ0v) is 26.0. The molecule has 4 N–H and O–H groups in total. The molecule has 3 aliphatic carbocycles. The second-order valence-electron chi connectivity index (χ2n) is 13.0. The molecule has 1 aliphatic heterocycles. The highest BCUT2D eigenvalue weighted by Gasteiger charge is 2.50. The maximum Gasteiger partial charge on any atom is 0.289 e. The van der Waals surface area contributed by atoms with Crippen LogP contribution >= 0.6 is 0 Å². The van der Waals surface area contributed by atoms with Crippen molar-refractivity contribution in [3.8, 4) is 0 Å². The maximum absolute atomic E-state index is 13.7. The topological polar surface area (TPSA) is 180 Å². The van der Waals surface area contributed by atoms with Crippen LogP contribution in [0.15, 0.2) is 18.6 Å². The average molecular weight is 624 g/mol. The van der Waals surface area contributed by atoms with Crippen LogP contribution in [-0.4, -0.2) is 87.4 Å². The van der Waals surface area contributed by atoms with Crippen molar-refractivity contribution in [2.45, 2.75) is 108 Å². The minimum Gasteiger partial charge on any atom is -0.347 e. The van der Waals surface area contributed by atoms with Gasteiger partial charge < -0.3 is 26.2 Å². The molecule has 0 bridgehead atoms. The lowest BCUT2D eigenvalue weighted by Crippen LogP contribution is -2.56. The third kappa shape index (κ3) is 8.04. The van der Waals surface area contributed by atoms with E-state index in [1.54, 1.807) is 0 Å². The minimum atomic E-state index is -0.965. The van der Waals surface area contributed by atoms with Gasteiger partial charge in [-0.05, 0) is 62.7 Å². The molecule has 5 atom stereocenters. The SMILES string of the molecule is CCC[C@@H](NC(=O)[C@H]1[C@@H]2CCC[C@@H]2CN1C(=O)CNC(=O)[C@H](NC(=O)c1cnccn1)C1CCCCC1)C(=O)C(=O)NC1CC1. The number of amides is 5. The summed E-state index contributed by atoms with van der Waals surface area (Å²) in [5, 5.41) is 11.1. The number of carbonyl (C=O) groups excluding carboxylic acids is 6. The van der Waals surface area contributed by atoms with Gasteiger partial charge in [0.1, 0.15) is 17.8 Å². The Balaban J connectivity index is 1.24. The number of carbonyl (C=O) groups is 6. The first-order chi connectivity index (χ1) is 21.8. The van der Waals surface area contributed by atoms with Gasteiger partial charge in [-0.1, -0.05) is 39.0 Å². The van der Waals surface area contributed by atoms with Gasteiger partial charge >= 0.3 is 0 Å². The summed E-state index contributed by atoms with van der Waals surface area (Å²) >= 11 is 0. The van der Waals surface area contributed by atoms with Crippen molar-refractivity contribution in [1.82, 2.24) is 36.1 Å². The molecule has 13 heteroatoms. The Morgan fingerprint density at radius 1 is 0.933 bits per heavy atom. The fourth-order valence-corrected chi connectivity index (χ4v) is 7.23. The molecule has 0 unspecified atom stereocenters. The lowest BCUT2D eigenvalue weighted by atomic mass is 9.83. The predicted molar refractivity (Wildman–Crippen MR) is 162 cm³/mol. The van der Waals surface area contributed by atoms with E-state index in [-0.39, 0.29) is 36.0 Å². The van der Waals surface area contributed by atoms with Crippen molar-refractivity contribution in [2.75, 3.05) is 13.1 Å². The maximum atomic E-state index is 13.7. The Morgan fingerprint density at radius 3 is 2.40 bits per heavy atom. The van der Waals surface area contributed by atoms with Crippen molar-refractivity contribution < 1.29 is 28.8 Å². The van der Waals surface area contributed by atoms with E-state index in [1.165, 1.54) is 23.5 Å². The zero-order chi connectivity index (χ0) is 31.9. The average Bonchev–Trinajstić information content (AvgIpc) is 3.62. The van der Waals surface area contributed by atoms with Gasteiger partial charge in [0, 0.05) is 25.0 Å². The lowest BCUT2D eigenvalue weighted by molar-refractivity contribution is -0.143. The Labute approximate surface area is 263 Å². The van der Waals surface area contributed by atoms with E-state index in [1.807, 2.05) is 6.92 Å². The normalized spacial score (nSPS) is 24.2. The first-order valence-electron chi connectivity index (χ1n) is 16.6. The van der Waals surface area contributed by atoms with Crippen LogP contribution in [0.25, 0.3) is 0 Å². The van der Waals surface area contributed by atoms with Crippen LogP contribution in [-0.2, 0) is 24.0 Å². The highest BCUT2D eigenvalue weighted by molar-refractivity contribution is 6.38. The second kappa shape index (κ2) is 14.9. The molecule has 5 rings (SSSR count). The number of Topliss-reactive ketones (excluding diaryl/α,β-unsaturated/α-hetero) is 1. The number of rotatable bonds is 13. The van der Waals surface area contributed by atoms with E-state index in [0.29, 0.717) is 19.4 Å². The van der Waals surface area contributed by atoms with E-state index in [9.17, 15) is 28.8 Å². The van der Waals surface area contributed by atoms with Gasteiger partial charge in [0.15, 0.2) is 0 Å². The second-order valence-corrected chi connectivity index (χ2v) is 13.0. The van der Waals surface area contributed by atoms with Crippen LogP contribution in [0.5, 0.6) is 0 Å². The van der Waals surface area contributed by atoms with Crippen LogP contribution in [0.4, 0.5) is 0 Å². The molecule has 0 radical (unpaired) electrons. The third-order valence-electron chi connectivity index (χ3n) is 9.73. The minimum absolute atomic E-state index is 0.0230. The van der Waals surface area contributed by atoms with Gasteiger partial charge in [-0.25, -0.2) is 4.98 Å². The van der Waals surface area contributed by atoms with E-state index in [2.05, 4.69) is 31.2 Å². The zero-order valence-electron chi connectivity index (χ0n) is 26.0. The summed E-state index contributed by atoms with van der Waals surface area (Å²) in [6, 6.07) is -2.57. The van der Waals surface area contributed by atoms with Crippen molar-refractivity contribution >= 4 is 35.3 Å². The summed E-state index contributed by atoms with van der Waals surface area (Å²) in [6.07, 6.45) is 14.0. The Hall–Kier alpha value is -3.90. The van der Waals surface area contributed by atoms with Crippen molar-refractivity contribution in [2.24, 2.45) is 17.8 Å². The smallest absolute Gasteiger partial charge is 0.289 e. The van der Waals surface area contributed by atoms with E-state index < -0.39 is 53.4 Å². The molecule has 45 heavy (non-hydrogen) atoms. The molecule has 244 valence electrons. The van der Waals surface area contributed by atoms with Gasteiger partial charge in [0.25, 0.3) is 11.8 Å². The largest absolute Gasteiger partial charge is 0.347 e. The Bertz CT molecular complexity index is 1270. The molecule has 0 aromatic carbocycles. The molecule has 0 spiro atoms. The van der Waals surface area contributed by atoms with E-state index >= 15 is 0 Å². The molecule has 5 amide bonds. The Morgan fingerprint density at radius 2 is 1.71 bits per heavy atom. The summed E-state index contributed by atoms with van der Waals surface area (Å²) in [5.74, 6) is -3.13. The highest BCUT2D eigenvalue weighted by atomic mass is 16.2. The van der Waals surface area contributed by atoms with Gasteiger partial charge in [0.05, 0.1) is 18.8 Å². The van der Waals surface area contributed by atoms with Crippen LogP contribution in [0, 0.1) is 17.8 Å². The molecular weight excluding hydrogens is 578 g/mol. The monoisotopic (exact) mass is 623 g/mol. The summed E-state index contributed by atoms with van der Waals surface area (Å²) in [6.45, 7) is 1.94. The third-order valence-corrected chi connectivity index (χ3v) is 9.73. The number of aromatic nitrogens is 2. The van der Waals surface area contributed by atoms with Crippen molar-refractivity contribution in [3.05, 3.63) is 24.3 Å². The fourth-order valence-electron chi connectivity index (χ4n) is 7.23. The number of ketones is 1. The van der Waals surface area contributed by atoms with Gasteiger partial charge in [-0.2, -0.15) is 0 Å². The van der Waals surface area contributed by atoms with Crippen molar-refractivity contribution in [1.29, 1.82) is 0 Å². The van der Waals surface area contributed by atoms with E-state index in [0.717, 1.165) is 64.2 Å². The van der Waals surface area contributed by atoms with Gasteiger partial charge in [-0.15, -0.1) is 0 Å². The van der Waals surface area contributed by atoms with Gasteiger partial charge in [-0.3, -0.25) is 33.8 Å².